The van der Waals surface area contributed by atoms with Crippen LogP contribution in [-0.4, -0.2) is 34.5 Å². The zero-order valence-corrected chi connectivity index (χ0v) is 11.1. The van der Waals surface area contributed by atoms with Gasteiger partial charge in [0.15, 0.2) is 0 Å². The number of aromatic nitrogens is 3. The van der Waals surface area contributed by atoms with Gasteiger partial charge in [-0.2, -0.15) is 5.10 Å². The third kappa shape index (κ3) is 5.79. The van der Waals surface area contributed by atoms with Gasteiger partial charge in [0.2, 0.25) is 0 Å². The molecule has 1 aromatic heterocycles. The van der Waals surface area contributed by atoms with Crippen LogP contribution >= 0.6 is 0 Å². The van der Waals surface area contributed by atoms with Crippen LogP contribution in [0.15, 0.2) is 6.33 Å². The summed E-state index contributed by atoms with van der Waals surface area (Å²) in [4.78, 5) is 4.26. The number of hydrogen-bond donors (Lipinski definition) is 1. The molecule has 0 spiro atoms. The van der Waals surface area contributed by atoms with E-state index in [1.807, 2.05) is 11.6 Å². The van der Waals surface area contributed by atoms with Crippen molar-refractivity contribution >= 4 is 0 Å². The van der Waals surface area contributed by atoms with Gasteiger partial charge < -0.3 is 10.1 Å². The van der Waals surface area contributed by atoms with Gasteiger partial charge in [-0.25, -0.2) is 9.67 Å². The summed E-state index contributed by atoms with van der Waals surface area (Å²) in [6.45, 7) is 10.7. The molecular weight excluding hydrogens is 216 g/mol. The molecule has 5 nitrogen and oxygen atoms in total. The van der Waals surface area contributed by atoms with Gasteiger partial charge in [-0.1, -0.05) is 13.8 Å². The first-order valence-electron chi connectivity index (χ1n) is 6.39. The molecule has 0 aliphatic heterocycles. The molecule has 0 aromatic carbocycles. The topological polar surface area (TPSA) is 52.0 Å². The van der Waals surface area contributed by atoms with Gasteiger partial charge in [-0.05, 0) is 25.8 Å². The third-order valence-corrected chi connectivity index (χ3v) is 2.36. The van der Waals surface area contributed by atoms with E-state index >= 15 is 0 Å². The van der Waals surface area contributed by atoms with Crippen LogP contribution in [0.2, 0.25) is 0 Å². The average molecular weight is 240 g/mol. The van der Waals surface area contributed by atoms with Crippen molar-refractivity contribution in [2.24, 2.45) is 5.92 Å². The van der Waals surface area contributed by atoms with Crippen molar-refractivity contribution in [2.45, 2.75) is 40.3 Å². The molecule has 0 aliphatic carbocycles. The molecule has 1 N–H and O–H groups in total. The summed E-state index contributed by atoms with van der Waals surface area (Å²) in [6.07, 6.45) is 2.66. The Balaban J connectivity index is 2.20. The van der Waals surface area contributed by atoms with Crippen LogP contribution < -0.4 is 5.32 Å². The van der Waals surface area contributed by atoms with Gasteiger partial charge in [0, 0.05) is 19.8 Å². The molecule has 0 atom stereocenters. The Bertz CT molecular complexity index is 298. The van der Waals surface area contributed by atoms with Crippen molar-refractivity contribution in [3.8, 4) is 0 Å². The summed E-state index contributed by atoms with van der Waals surface area (Å²) in [5, 5.41) is 7.58. The Labute approximate surface area is 104 Å². The molecule has 0 fully saturated rings. The minimum atomic E-state index is 0.591. The second-order valence-corrected chi connectivity index (χ2v) is 4.48. The molecule has 0 amide bonds. The maximum Gasteiger partial charge on any atom is 0.140 e. The summed E-state index contributed by atoms with van der Waals surface area (Å²) < 4.78 is 7.25. The molecular formula is C12H24N4O. The first-order valence-corrected chi connectivity index (χ1v) is 6.39. The molecule has 0 bridgehead atoms. The van der Waals surface area contributed by atoms with Crippen LogP contribution in [-0.2, 0) is 17.8 Å². The van der Waals surface area contributed by atoms with Gasteiger partial charge in [0.1, 0.15) is 12.2 Å². The van der Waals surface area contributed by atoms with Gasteiger partial charge >= 0.3 is 0 Å². The van der Waals surface area contributed by atoms with Crippen LogP contribution in [0.1, 0.15) is 33.0 Å². The van der Waals surface area contributed by atoms with Gasteiger partial charge in [-0.15, -0.1) is 0 Å². The second-order valence-electron chi connectivity index (χ2n) is 4.48. The number of nitrogens with zero attached hydrogens (tertiary/aromatic N) is 3. The predicted molar refractivity (Wildman–Crippen MR) is 67.7 cm³/mol. The lowest BCUT2D eigenvalue weighted by molar-refractivity contribution is 0.144. The Morgan fingerprint density at radius 1 is 1.47 bits per heavy atom. The molecule has 0 radical (unpaired) electrons. The van der Waals surface area contributed by atoms with E-state index in [-0.39, 0.29) is 0 Å². The van der Waals surface area contributed by atoms with E-state index in [1.165, 1.54) is 0 Å². The van der Waals surface area contributed by atoms with E-state index in [4.69, 9.17) is 4.74 Å². The molecule has 0 unspecified atom stereocenters. The van der Waals surface area contributed by atoms with Crippen molar-refractivity contribution in [1.82, 2.24) is 20.1 Å². The Morgan fingerprint density at radius 3 is 3.00 bits per heavy atom. The number of hydrogen-bond acceptors (Lipinski definition) is 4. The molecule has 98 valence electrons. The van der Waals surface area contributed by atoms with E-state index in [9.17, 15) is 0 Å². The Kier molecular flexibility index (Phi) is 6.81. The highest BCUT2D eigenvalue weighted by atomic mass is 16.5. The molecule has 1 rings (SSSR count). The average Bonchev–Trinajstić information content (AvgIpc) is 2.70. The molecule has 0 saturated heterocycles. The lowest BCUT2D eigenvalue weighted by Crippen LogP contribution is -2.20. The first kappa shape index (κ1) is 14.1. The quantitative estimate of drug-likeness (QED) is 0.664. The Hall–Kier alpha value is -0.940. The van der Waals surface area contributed by atoms with Crippen molar-refractivity contribution in [1.29, 1.82) is 0 Å². The molecule has 1 heterocycles. The monoisotopic (exact) mass is 240 g/mol. The maximum atomic E-state index is 5.27. The highest BCUT2D eigenvalue weighted by Crippen LogP contribution is 2.00. The van der Waals surface area contributed by atoms with Gasteiger partial charge in [-0.3, -0.25) is 0 Å². The highest BCUT2D eigenvalue weighted by molar-refractivity contribution is 4.83. The second kappa shape index (κ2) is 8.20. The summed E-state index contributed by atoms with van der Waals surface area (Å²) in [5.74, 6) is 1.60. The van der Waals surface area contributed by atoms with Crippen molar-refractivity contribution < 1.29 is 4.74 Å². The smallest absolute Gasteiger partial charge is 0.140 e. The van der Waals surface area contributed by atoms with Crippen LogP contribution in [0, 0.1) is 5.92 Å². The largest absolute Gasteiger partial charge is 0.382 e. The summed E-state index contributed by atoms with van der Waals surface area (Å²) in [6, 6.07) is 0. The molecule has 1 aromatic rings. The third-order valence-electron chi connectivity index (χ3n) is 2.36. The van der Waals surface area contributed by atoms with Crippen LogP contribution in [0.5, 0.6) is 0 Å². The molecule has 5 heteroatoms. The number of rotatable bonds is 9. The minimum Gasteiger partial charge on any atom is -0.382 e. The standard InChI is InChI=1S/C12H24N4O/c1-4-17-7-5-6-13-8-12-14-10-15-16(12)9-11(2)3/h10-11,13H,4-9H2,1-3H3. The van der Waals surface area contributed by atoms with E-state index in [2.05, 4.69) is 29.2 Å². The van der Waals surface area contributed by atoms with Crippen molar-refractivity contribution in [3.05, 3.63) is 12.2 Å². The lowest BCUT2D eigenvalue weighted by atomic mass is 10.2. The van der Waals surface area contributed by atoms with E-state index < -0.39 is 0 Å². The first-order chi connectivity index (χ1) is 8.24. The molecule has 0 saturated carbocycles. The normalized spacial score (nSPS) is 11.3. The zero-order valence-electron chi connectivity index (χ0n) is 11.1. The van der Waals surface area contributed by atoms with E-state index in [0.717, 1.165) is 45.1 Å². The number of ether oxygens (including phenoxy) is 1. The van der Waals surface area contributed by atoms with Crippen LogP contribution in [0.3, 0.4) is 0 Å². The summed E-state index contributed by atoms with van der Waals surface area (Å²) in [7, 11) is 0. The molecule has 17 heavy (non-hydrogen) atoms. The predicted octanol–water partition coefficient (Wildman–Crippen LogP) is 1.45. The fourth-order valence-electron chi connectivity index (χ4n) is 1.57. The van der Waals surface area contributed by atoms with Crippen molar-refractivity contribution in [3.63, 3.8) is 0 Å². The van der Waals surface area contributed by atoms with Crippen LogP contribution in [0.25, 0.3) is 0 Å². The lowest BCUT2D eigenvalue weighted by Gasteiger charge is -2.09. The number of nitrogens with one attached hydrogen (secondary N) is 1. The van der Waals surface area contributed by atoms with Gasteiger partial charge in [0.05, 0.1) is 6.54 Å². The fourth-order valence-corrected chi connectivity index (χ4v) is 1.57. The zero-order chi connectivity index (χ0) is 12.5. The van der Waals surface area contributed by atoms with Crippen molar-refractivity contribution in [2.75, 3.05) is 19.8 Å². The summed E-state index contributed by atoms with van der Waals surface area (Å²) >= 11 is 0. The van der Waals surface area contributed by atoms with Gasteiger partial charge in [0.25, 0.3) is 0 Å². The van der Waals surface area contributed by atoms with E-state index in [1.54, 1.807) is 6.33 Å². The van der Waals surface area contributed by atoms with E-state index in [0.29, 0.717) is 5.92 Å². The van der Waals surface area contributed by atoms with Crippen LogP contribution in [0.4, 0.5) is 0 Å². The SMILES string of the molecule is CCOCCCNCc1ncnn1CC(C)C. The molecule has 0 aliphatic rings. The maximum absolute atomic E-state index is 5.27. The Morgan fingerprint density at radius 2 is 2.29 bits per heavy atom. The fraction of sp³-hybridized carbons (Fsp3) is 0.833. The summed E-state index contributed by atoms with van der Waals surface area (Å²) in [5.41, 5.74) is 0. The minimum absolute atomic E-state index is 0.591. The highest BCUT2D eigenvalue weighted by Gasteiger charge is 2.05.